The normalized spacial score (nSPS) is 12.5. The van der Waals surface area contributed by atoms with Crippen molar-refractivity contribution >= 4 is 22.9 Å². The summed E-state index contributed by atoms with van der Waals surface area (Å²) in [6, 6.07) is 9.87. The second kappa shape index (κ2) is 9.53. The predicted molar refractivity (Wildman–Crippen MR) is 111 cm³/mol. The molecule has 2 rings (SSSR count). The molecule has 0 aliphatic carbocycles. The first kappa shape index (κ1) is 21.7. The van der Waals surface area contributed by atoms with Crippen LogP contribution in [0.25, 0.3) is 10.9 Å². The third-order valence-corrected chi connectivity index (χ3v) is 4.27. The first-order valence-electron chi connectivity index (χ1n) is 9.74. The van der Waals surface area contributed by atoms with E-state index in [-0.39, 0.29) is 17.5 Å². The van der Waals surface area contributed by atoms with Gasteiger partial charge in [-0.25, -0.2) is 4.79 Å². The first-order valence-corrected chi connectivity index (χ1v) is 9.74. The van der Waals surface area contributed by atoms with Crippen LogP contribution in [0.1, 0.15) is 64.3 Å². The molecule has 2 aromatic rings. The van der Waals surface area contributed by atoms with E-state index in [9.17, 15) is 9.59 Å². The van der Waals surface area contributed by atoms with Crippen LogP contribution in [-0.4, -0.2) is 29.1 Å². The van der Waals surface area contributed by atoms with E-state index >= 15 is 0 Å². The Morgan fingerprint density at radius 2 is 1.89 bits per heavy atom. The number of aromatic nitrogens is 1. The highest BCUT2D eigenvalue weighted by atomic mass is 16.5. The van der Waals surface area contributed by atoms with Crippen LogP contribution in [0.4, 0.5) is 4.79 Å². The molecule has 1 heterocycles. The fourth-order valence-corrected chi connectivity index (χ4v) is 3.05. The molecule has 2 N–H and O–H groups in total. The summed E-state index contributed by atoms with van der Waals surface area (Å²) in [6.07, 6.45) is 1.86. The van der Waals surface area contributed by atoms with Crippen LogP contribution in [0, 0.1) is 6.92 Å². The number of carbonyl (C=O) groups excluding carboxylic acids is 2. The van der Waals surface area contributed by atoms with Gasteiger partial charge in [-0.2, -0.15) is 0 Å². The molecule has 6 nitrogen and oxygen atoms in total. The van der Waals surface area contributed by atoms with Gasteiger partial charge in [0.1, 0.15) is 0 Å². The summed E-state index contributed by atoms with van der Waals surface area (Å²) in [5.41, 5.74) is 2.61. The minimum Gasteiger partial charge on any atom is -0.450 e. The Hall–Kier alpha value is -2.63. The van der Waals surface area contributed by atoms with E-state index in [4.69, 9.17) is 9.72 Å². The molecule has 0 spiro atoms. The number of nitrogens with one attached hydrogen (secondary N) is 2. The number of para-hydroxylation sites is 1. The number of hydrogen-bond donors (Lipinski definition) is 2. The Labute approximate surface area is 167 Å². The number of fused-ring (bicyclic) bond motifs is 1. The lowest BCUT2D eigenvalue weighted by Crippen LogP contribution is -2.41. The van der Waals surface area contributed by atoms with Crippen LogP contribution in [0.15, 0.2) is 30.3 Å². The first-order chi connectivity index (χ1) is 13.2. The third kappa shape index (κ3) is 6.83. The smallest absolute Gasteiger partial charge is 0.407 e. The lowest BCUT2D eigenvalue weighted by Gasteiger charge is -2.20. The maximum Gasteiger partial charge on any atom is 0.407 e. The van der Waals surface area contributed by atoms with Crippen LogP contribution < -0.4 is 10.6 Å². The lowest BCUT2D eigenvalue weighted by atomic mass is 10.0. The van der Waals surface area contributed by atoms with Gasteiger partial charge in [0.05, 0.1) is 23.9 Å². The minimum atomic E-state index is -0.405. The molecular weight excluding hydrogens is 354 g/mol. The summed E-state index contributed by atoms with van der Waals surface area (Å²) in [5.74, 6) is -0.0848. The van der Waals surface area contributed by atoms with Gasteiger partial charge in [-0.3, -0.25) is 9.78 Å². The summed E-state index contributed by atoms with van der Waals surface area (Å²) in [7, 11) is 0. The highest BCUT2D eigenvalue weighted by molar-refractivity contribution is 5.82. The van der Waals surface area contributed by atoms with E-state index in [2.05, 4.69) is 23.6 Å². The van der Waals surface area contributed by atoms with Gasteiger partial charge in [-0.15, -0.1) is 0 Å². The van der Waals surface area contributed by atoms with Crippen molar-refractivity contribution in [3.8, 4) is 0 Å². The highest BCUT2D eigenvalue weighted by Gasteiger charge is 2.17. The Bertz CT molecular complexity index is 827. The van der Waals surface area contributed by atoms with Gasteiger partial charge in [0.15, 0.2) is 0 Å². The van der Waals surface area contributed by atoms with Gasteiger partial charge < -0.3 is 15.4 Å². The van der Waals surface area contributed by atoms with E-state index in [0.29, 0.717) is 6.61 Å². The molecule has 152 valence electrons. The summed E-state index contributed by atoms with van der Waals surface area (Å²) < 4.78 is 5.21. The second-order valence-corrected chi connectivity index (χ2v) is 8.14. The number of hydrogen-bond acceptors (Lipinski definition) is 4. The molecular formula is C22H31N3O3. The number of alkyl carbamates (subject to hydrolysis) is 1. The van der Waals surface area contributed by atoms with E-state index in [1.54, 1.807) is 0 Å². The van der Waals surface area contributed by atoms with E-state index in [1.165, 1.54) is 6.92 Å². The standard InChI is InChI=1S/C22H31N3O3/c1-15-14-20(24-18-11-7-6-10-17(15)18)19(23-16(2)26)12-8-9-13-28-21(27)25-22(3,4)5/h6-7,10-11,14,19H,8-9,12-13H2,1-5H3,(H,23,26)(H,25,27)/t19-/m0/s1. The van der Waals surface area contributed by atoms with Crippen molar-refractivity contribution in [1.29, 1.82) is 0 Å². The van der Waals surface area contributed by atoms with Crippen LogP contribution in [-0.2, 0) is 9.53 Å². The fraction of sp³-hybridized carbons (Fsp3) is 0.500. The number of carbonyl (C=O) groups is 2. The zero-order valence-electron chi connectivity index (χ0n) is 17.5. The van der Waals surface area contributed by atoms with E-state index in [0.717, 1.165) is 41.4 Å². The molecule has 0 fully saturated rings. The molecule has 0 bridgehead atoms. The zero-order chi connectivity index (χ0) is 20.7. The molecule has 0 unspecified atom stereocenters. The average molecular weight is 386 g/mol. The van der Waals surface area contributed by atoms with Crippen LogP contribution >= 0.6 is 0 Å². The molecule has 2 amide bonds. The molecule has 6 heteroatoms. The minimum absolute atomic E-state index is 0.0848. The van der Waals surface area contributed by atoms with Gasteiger partial charge in [-0.05, 0) is 64.7 Å². The van der Waals surface area contributed by atoms with Crippen molar-refractivity contribution in [1.82, 2.24) is 15.6 Å². The molecule has 0 aliphatic rings. The largest absolute Gasteiger partial charge is 0.450 e. The molecule has 1 aromatic heterocycles. The summed E-state index contributed by atoms with van der Waals surface area (Å²) in [4.78, 5) is 28.1. The quantitative estimate of drug-likeness (QED) is 0.692. The van der Waals surface area contributed by atoms with Crippen LogP contribution in [0.5, 0.6) is 0 Å². The monoisotopic (exact) mass is 385 g/mol. The van der Waals surface area contributed by atoms with Crippen LogP contribution in [0.3, 0.4) is 0 Å². The SMILES string of the molecule is CC(=O)N[C@@H](CCCCOC(=O)NC(C)(C)C)c1cc(C)c2ccccc2n1. The summed E-state index contributed by atoms with van der Waals surface area (Å²) >= 11 is 0. The predicted octanol–water partition coefficient (Wildman–Crippen LogP) is 4.42. The molecule has 0 radical (unpaired) electrons. The maximum atomic E-state index is 11.7. The van der Waals surface area contributed by atoms with Gasteiger partial charge in [0.25, 0.3) is 0 Å². The van der Waals surface area contributed by atoms with Gasteiger partial charge >= 0.3 is 6.09 Å². The van der Waals surface area contributed by atoms with Crippen molar-refractivity contribution in [3.05, 3.63) is 41.6 Å². The van der Waals surface area contributed by atoms with Crippen molar-refractivity contribution in [2.45, 2.75) is 65.5 Å². The second-order valence-electron chi connectivity index (χ2n) is 8.14. The Balaban J connectivity index is 1.95. The molecule has 0 saturated heterocycles. The fourth-order valence-electron chi connectivity index (χ4n) is 3.05. The Morgan fingerprint density at radius 1 is 1.18 bits per heavy atom. The summed E-state index contributed by atoms with van der Waals surface area (Å²) in [5, 5.41) is 6.88. The topological polar surface area (TPSA) is 80.3 Å². The van der Waals surface area contributed by atoms with Gasteiger partial charge in [0, 0.05) is 17.8 Å². The molecule has 1 aromatic carbocycles. The Kier molecular flexibility index (Phi) is 7.38. The number of aryl methyl sites for hydroxylation is 1. The molecule has 0 saturated carbocycles. The van der Waals surface area contributed by atoms with Gasteiger partial charge in [-0.1, -0.05) is 18.2 Å². The van der Waals surface area contributed by atoms with Crippen molar-refractivity contribution in [2.75, 3.05) is 6.61 Å². The number of ether oxygens (including phenoxy) is 1. The number of rotatable bonds is 7. The van der Waals surface area contributed by atoms with Crippen LogP contribution in [0.2, 0.25) is 0 Å². The van der Waals surface area contributed by atoms with E-state index in [1.807, 2.05) is 45.0 Å². The van der Waals surface area contributed by atoms with Crippen molar-refractivity contribution < 1.29 is 14.3 Å². The number of unbranched alkanes of at least 4 members (excludes halogenated alkanes) is 1. The molecule has 28 heavy (non-hydrogen) atoms. The third-order valence-electron chi connectivity index (χ3n) is 4.27. The highest BCUT2D eigenvalue weighted by Crippen LogP contribution is 2.24. The number of benzene rings is 1. The average Bonchev–Trinajstić information content (AvgIpc) is 2.58. The summed E-state index contributed by atoms with van der Waals surface area (Å²) in [6.45, 7) is 9.64. The molecule has 0 aliphatic heterocycles. The lowest BCUT2D eigenvalue weighted by molar-refractivity contribution is -0.119. The number of amides is 2. The van der Waals surface area contributed by atoms with E-state index < -0.39 is 6.09 Å². The number of pyridine rings is 1. The van der Waals surface area contributed by atoms with Gasteiger partial charge in [0.2, 0.25) is 5.91 Å². The van der Waals surface area contributed by atoms with Crippen molar-refractivity contribution in [3.63, 3.8) is 0 Å². The number of nitrogens with zero attached hydrogens (tertiary/aromatic N) is 1. The Morgan fingerprint density at radius 3 is 2.57 bits per heavy atom. The maximum absolute atomic E-state index is 11.7. The molecule has 1 atom stereocenters. The zero-order valence-corrected chi connectivity index (χ0v) is 17.5. The van der Waals surface area contributed by atoms with Crippen molar-refractivity contribution in [2.24, 2.45) is 0 Å².